The van der Waals surface area contributed by atoms with Crippen molar-refractivity contribution in [3.8, 4) is 5.88 Å². The Balaban J connectivity index is 2.27. The van der Waals surface area contributed by atoms with Gasteiger partial charge in [-0.2, -0.15) is 4.98 Å². The number of ether oxygens (including phenoxy) is 1. The first-order chi connectivity index (χ1) is 9.49. The van der Waals surface area contributed by atoms with Gasteiger partial charge in [-0.1, -0.05) is 11.6 Å². The third-order valence-electron chi connectivity index (χ3n) is 2.44. The van der Waals surface area contributed by atoms with Gasteiger partial charge in [0.25, 0.3) is 5.91 Å². The molecule has 0 saturated heterocycles. The highest BCUT2D eigenvalue weighted by molar-refractivity contribution is 6.31. The summed E-state index contributed by atoms with van der Waals surface area (Å²) in [5, 5.41) is 2.67. The van der Waals surface area contributed by atoms with Gasteiger partial charge in [-0.3, -0.25) is 10.1 Å². The molecule has 7 heteroatoms. The second-order valence-electron chi connectivity index (χ2n) is 3.95. The van der Waals surface area contributed by atoms with Crippen LogP contribution in [0.2, 0.25) is 5.02 Å². The van der Waals surface area contributed by atoms with Crippen LogP contribution in [0.4, 0.5) is 10.3 Å². The fourth-order valence-electron chi connectivity index (χ4n) is 1.54. The number of carbonyl (C=O) groups excluding carboxylic acids is 1. The van der Waals surface area contributed by atoms with Gasteiger partial charge in [-0.15, -0.1) is 0 Å². The molecular weight excluding hydrogens is 285 g/mol. The van der Waals surface area contributed by atoms with E-state index in [0.29, 0.717) is 11.6 Å². The van der Waals surface area contributed by atoms with E-state index in [1.165, 1.54) is 19.2 Å². The first kappa shape index (κ1) is 14.2. The lowest BCUT2D eigenvalue weighted by Gasteiger charge is -2.07. The number of nitrogens with one attached hydrogen (secondary N) is 1. The predicted octanol–water partition coefficient (Wildman–Crippen LogP) is 2.84. The fraction of sp³-hybridized carbons (Fsp3) is 0.154. The summed E-state index contributed by atoms with van der Waals surface area (Å²) in [4.78, 5) is 19.9. The zero-order valence-electron chi connectivity index (χ0n) is 10.8. The van der Waals surface area contributed by atoms with Crippen molar-refractivity contribution in [3.05, 3.63) is 46.4 Å². The minimum Gasteiger partial charge on any atom is -0.481 e. The molecule has 1 aromatic carbocycles. The molecule has 2 rings (SSSR count). The molecule has 0 fully saturated rings. The van der Waals surface area contributed by atoms with E-state index in [4.69, 9.17) is 16.3 Å². The van der Waals surface area contributed by atoms with Crippen molar-refractivity contribution >= 4 is 23.5 Å². The summed E-state index contributed by atoms with van der Waals surface area (Å²) in [7, 11) is 1.45. The monoisotopic (exact) mass is 295 g/mol. The number of hydrogen-bond donors (Lipinski definition) is 1. The van der Waals surface area contributed by atoms with Crippen molar-refractivity contribution in [1.82, 2.24) is 9.97 Å². The van der Waals surface area contributed by atoms with Gasteiger partial charge in [-0.05, 0) is 25.1 Å². The van der Waals surface area contributed by atoms with Crippen molar-refractivity contribution in [2.24, 2.45) is 0 Å². The third kappa shape index (κ3) is 3.21. The maximum atomic E-state index is 13.6. The van der Waals surface area contributed by atoms with Crippen LogP contribution in [0.25, 0.3) is 0 Å². The zero-order valence-corrected chi connectivity index (χ0v) is 11.5. The Morgan fingerprint density at radius 3 is 2.80 bits per heavy atom. The number of anilines is 1. The summed E-state index contributed by atoms with van der Waals surface area (Å²) < 4.78 is 18.5. The topological polar surface area (TPSA) is 64.1 Å². The molecule has 20 heavy (non-hydrogen) atoms. The van der Waals surface area contributed by atoms with Gasteiger partial charge < -0.3 is 4.74 Å². The summed E-state index contributed by atoms with van der Waals surface area (Å²) in [5.74, 6) is -1.02. The second kappa shape index (κ2) is 5.83. The molecule has 0 spiro atoms. The van der Waals surface area contributed by atoms with E-state index >= 15 is 0 Å². The number of halogens is 2. The SMILES string of the molecule is COc1cc(C)nc(NC(=O)c2cc(Cl)ccc2F)n1. The Bertz CT molecular complexity index is 664. The number of rotatable bonds is 3. The van der Waals surface area contributed by atoms with Crippen LogP contribution in [0.1, 0.15) is 16.1 Å². The van der Waals surface area contributed by atoms with Gasteiger partial charge in [0.1, 0.15) is 5.82 Å². The van der Waals surface area contributed by atoms with Crippen LogP contribution in [0, 0.1) is 12.7 Å². The van der Waals surface area contributed by atoms with E-state index in [2.05, 4.69) is 15.3 Å². The molecular formula is C13H11ClFN3O2. The Hall–Kier alpha value is -2.21. The van der Waals surface area contributed by atoms with Crippen LogP contribution >= 0.6 is 11.6 Å². The van der Waals surface area contributed by atoms with Gasteiger partial charge >= 0.3 is 0 Å². The van der Waals surface area contributed by atoms with Crippen molar-refractivity contribution in [2.75, 3.05) is 12.4 Å². The maximum absolute atomic E-state index is 13.6. The molecule has 104 valence electrons. The molecule has 0 aliphatic carbocycles. The van der Waals surface area contributed by atoms with E-state index in [0.717, 1.165) is 6.07 Å². The number of benzene rings is 1. The summed E-state index contributed by atoms with van der Waals surface area (Å²) in [6.45, 7) is 1.72. The summed E-state index contributed by atoms with van der Waals surface area (Å²) >= 11 is 5.74. The highest BCUT2D eigenvalue weighted by atomic mass is 35.5. The molecule has 0 radical (unpaired) electrons. The largest absolute Gasteiger partial charge is 0.481 e. The van der Waals surface area contributed by atoms with Gasteiger partial charge in [0, 0.05) is 16.8 Å². The molecule has 1 N–H and O–H groups in total. The lowest BCUT2D eigenvalue weighted by atomic mass is 10.2. The molecule has 0 unspecified atom stereocenters. The third-order valence-corrected chi connectivity index (χ3v) is 2.67. The number of aromatic nitrogens is 2. The Labute approximate surface area is 119 Å². The highest BCUT2D eigenvalue weighted by Crippen LogP contribution is 2.17. The molecule has 0 aliphatic heterocycles. The number of amides is 1. The minimum atomic E-state index is -0.683. The minimum absolute atomic E-state index is 0.0335. The standard InChI is InChI=1S/C13H11ClFN3O2/c1-7-5-11(20-2)17-13(16-7)18-12(19)9-6-8(14)3-4-10(9)15/h3-6H,1-2H3,(H,16,17,18,19). The summed E-state index contributed by atoms with van der Waals surface area (Å²) in [5.41, 5.74) is 0.431. The van der Waals surface area contributed by atoms with Crippen LogP contribution in [0.5, 0.6) is 5.88 Å². The maximum Gasteiger partial charge on any atom is 0.261 e. The highest BCUT2D eigenvalue weighted by Gasteiger charge is 2.14. The Morgan fingerprint density at radius 2 is 2.10 bits per heavy atom. The van der Waals surface area contributed by atoms with Crippen molar-refractivity contribution in [3.63, 3.8) is 0 Å². The molecule has 0 saturated carbocycles. The van der Waals surface area contributed by atoms with Gasteiger partial charge in [0.15, 0.2) is 0 Å². The van der Waals surface area contributed by atoms with Crippen LogP contribution in [0.3, 0.4) is 0 Å². The first-order valence-electron chi connectivity index (χ1n) is 5.65. The quantitative estimate of drug-likeness (QED) is 0.945. The summed E-state index contributed by atoms with van der Waals surface area (Å²) in [6, 6.07) is 5.32. The number of nitrogens with zero attached hydrogens (tertiary/aromatic N) is 2. The molecule has 0 bridgehead atoms. The van der Waals surface area contributed by atoms with Crippen molar-refractivity contribution in [2.45, 2.75) is 6.92 Å². The van der Waals surface area contributed by atoms with Crippen LogP contribution in [-0.4, -0.2) is 23.0 Å². The van der Waals surface area contributed by atoms with Gasteiger partial charge in [0.05, 0.1) is 12.7 Å². The fourth-order valence-corrected chi connectivity index (χ4v) is 1.71. The molecule has 2 aromatic rings. The summed E-state index contributed by atoms with van der Waals surface area (Å²) in [6.07, 6.45) is 0. The predicted molar refractivity (Wildman–Crippen MR) is 72.7 cm³/mol. The van der Waals surface area contributed by atoms with Crippen LogP contribution < -0.4 is 10.1 Å². The number of aryl methyl sites for hydroxylation is 1. The second-order valence-corrected chi connectivity index (χ2v) is 4.39. The average Bonchev–Trinajstić information content (AvgIpc) is 2.40. The van der Waals surface area contributed by atoms with E-state index in [1.54, 1.807) is 13.0 Å². The van der Waals surface area contributed by atoms with E-state index in [1.807, 2.05) is 0 Å². The lowest BCUT2D eigenvalue weighted by Crippen LogP contribution is -2.16. The molecule has 1 aromatic heterocycles. The Kier molecular flexibility index (Phi) is 4.14. The number of carbonyl (C=O) groups is 1. The van der Waals surface area contributed by atoms with E-state index in [9.17, 15) is 9.18 Å². The molecule has 5 nitrogen and oxygen atoms in total. The normalized spacial score (nSPS) is 10.2. The Morgan fingerprint density at radius 1 is 1.35 bits per heavy atom. The molecule has 1 amide bonds. The number of methoxy groups -OCH3 is 1. The molecule has 0 atom stereocenters. The first-order valence-corrected chi connectivity index (χ1v) is 6.03. The molecule has 1 heterocycles. The number of hydrogen-bond acceptors (Lipinski definition) is 4. The lowest BCUT2D eigenvalue weighted by molar-refractivity contribution is 0.102. The smallest absolute Gasteiger partial charge is 0.261 e. The van der Waals surface area contributed by atoms with Crippen LogP contribution in [-0.2, 0) is 0 Å². The zero-order chi connectivity index (χ0) is 14.7. The van der Waals surface area contributed by atoms with Crippen molar-refractivity contribution in [1.29, 1.82) is 0 Å². The van der Waals surface area contributed by atoms with E-state index in [-0.39, 0.29) is 16.5 Å². The van der Waals surface area contributed by atoms with Gasteiger partial charge in [-0.25, -0.2) is 9.37 Å². The van der Waals surface area contributed by atoms with Gasteiger partial charge in [0.2, 0.25) is 11.8 Å². The van der Waals surface area contributed by atoms with Crippen molar-refractivity contribution < 1.29 is 13.9 Å². The average molecular weight is 296 g/mol. The van der Waals surface area contributed by atoms with Crippen LogP contribution in [0.15, 0.2) is 24.3 Å². The molecule has 0 aliphatic rings. The van der Waals surface area contributed by atoms with E-state index < -0.39 is 11.7 Å².